The number of benzene rings is 2. The van der Waals surface area contributed by atoms with Crippen LogP contribution in [0.5, 0.6) is 17.2 Å². The molecule has 0 bridgehead atoms. The molecule has 0 aliphatic carbocycles. The van der Waals surface area contributed by atoms with Crippen LogP contribution in [0.3, 0.4) is 0 Å². The molecule has 1 aliphatic heterocycles. The van der Waals surface area contributed by atoms with Crippen LogP contribution in [0.4, 0.5) is 18.9 Å². The molecule has 0 saturated heterocycles. The van der Waals surface area contributed by atoms with E-state index in [1.54, 1.807) is 30.6 Å². The summed E-state index contributed by atoms with van der Waals surface area (Å²) < 4.78 is 47.2. The lowest BCUT2D eigenvalue weighted by Gasteiger charge is -2.12. The molecule has 5 rings (SSSR count). The van der Waals surface area contributed by atoms with Gasteiger partial charge in [0, 0.05) is 23.8 Å². The van der Waals surface area contributed by atoms with Crippen LogP contribution >= 0.6 is 0 Å². The van der Waals surface area contributed by atoms with Gasteiger partial charge >= 0.3 is 6.36 Å². The average molecular weight is 411 g/mol. The number of pyridine rings is 1. The van der Waals surface area contributed by atoms with Crippen LogP contribution in [0, 0.1) is 0 Å². The Balaban J connectivity index is 1.54. The fourth-order valence-electron chi connectivity index (χ4n) is 3.38. The molecule has 0 unspecified atom stereocenters. The van der Waals surface area contributed by atoms with Crippen molar-refractivity contribution in [2.45, 2.75) is 6.36 Å². The maximum Gasteiger partial charge on any atom is 0.573 e. The molecule has 6 nitrogen and oxygen atoms in total. The van der Waals surface area contributed by atoms with Gasteiger partial charge < -0.3 is 19.8 Å². The zero-order valence-corrected chi connectivity index (χ0v) is 15.1. The van der Waals surface area contributed by atoms with Gasteiger partial charge in [-0.3, -0.25) is 4.79 Å². The Morgan fingerprint density at radius 3 is 2.63 bits per heavy atom. The Labute approximate surface area is 167 Å². The molecule has 0 saturated carbocycles. The first-order chi connectivity index (χ1) is 14.4. The first-order valence-corrected chi connectivity index (χ1v) is 8.83. The summed E-state index contributed by atoms with van der Waals surface area (Å²) in [6, 6.07) is 12.4. The zero-order chi connectivity index (χ0) is 20.9. The number of H-pyrrole nitrogens is 1. The van der Waals surface area contributed by atoms with E-state index >= 15 is 0 Å². The van der Waals surface area contributed by atoms with Gasteiger partial charge in [-0.15, -0.1) is 13.2 Å². The maximum absolute atomic E-state index is 12.8. The smallest absolute Gasteiger partial charge is 0.454 e. The number of hydrogen-bond donors (Lipinski definition) is 2. The molecule has 1 aliphatic rings. The van der Waals surface area contributed by atoms with Gasteiger partial charge in [0.15, 0.2) is 5.75 Å². The van der Waals surface area contributed by atoms with Gasteiger partial charge in [-0.05, 0) is 47.5 Å². The average Bonchev–Trinajstić information content (AvgIpc) is 3.12. The van der Waals surface area contributed by atoms with Gasteiger partial charge in [0.2, 0.25) is 0 Å². The number of rotatable bonds is 2. The summed E-state index contributed by atoms with van der Waals surface area (Å²) in [5.41, 5.74) is 2.69. The van der Waals surface area contributed by atoms with Gasteiger partial charge in [-0.1, -0.05) is 6.07 Å². The maximum atomic E-state index is 12.8. The molecule has 4 aromatic rings. The lowest BCUT2D eigenvalue weighted by atomic mass is 10.0. The first-order valence-electron chi connectivity index (χ1n) is 8.83. The van der Waals surface area contributed by atoms with E-state index in [2.05, 4.69) is 20.0 Å². The molecule has 0 fully saturated rings. The van der Waals surface area contributed by atoms with Crippen molar-refractivity contribution in [1.29, 1.82) is 0 Å². The van der Waals surface area contributed by atoms with E-state index in [4.69, 9.17) is 4.74 Å². The van der Waals surface area contributed by atoms with Crippen molar-refractivity contribution in [3.8, 4) is 28.4 Å². The van der Waals surface area contributed by atoms with Gasteiger partial charge in [0.1, 0.15) is 17.1 Å². The van der Waals surface area contributed by atoms with Gasteiger partial charge in [0.05, 0.1) is 11.3 Å². The van der Waals surface area contributed by atoms with Gasteiger partial charge in [-0.25, -0.2) is 4.98 Å². The largest absolute Gasteiger partial charge is 0.573 e. The van der Waals surface area contributed by atoms with Crippen LogP contribution in [0.15, 0.2) is 60.9 Å². The van der Waals surface area contributed by atoms with Crippen LogP contribution in [-0.2, 0) is 0 Å². The van der Waals surface area contributed by atoms with Crippen LogP contribution in [0.25, 0.3) is 22.2 Å². The number of nitrogens with zero attached hydrogens (tertiary/aromatic N) is 1. The second kappa shape index (κ2) is 6.51. The Kier molecular flexibility index (Phi) is 3.92. The van der Waals surface area contributed by atoms with Gasteiger partial charge in [0.25, 0.3) is 5.91 Å². The van der Waals surface area contributed by atoms with E-state index in [0.29, 0.717) is 11.4 Å². The molecule has 150 valence electrons. The van der Waals surface area contributed by atoms with E-state index in [1.807, 2.05) is 12.1 Å². The number of nitrogens with one attached hydrogen (secondary N) is 2. The second-order valence-electron chi connectivity index (χ2n) is 6.57. The van der Waals surface area contributed by atoms with E-state index in [9.17, 15) is 18.0 Å². The molecular formula is C21H12F3N3O3. The number of amides is 1. The van der Waals surface area contributed by atoms with Crippen molar-refractivity contribution in [3.05, 3.63) is 66.5 Å². The number of carbonyl (C=O) groups excluding carboxylic acids is 1. The minimum Gasteiger partial charge on any atom is -0.454 e. The molecule has 0 spiro atoms. The summed E-state index contributed by atoms with van der Waals surface area (Å²) in [5, 5.41) is 3.48. The summed E-state index contributed by atoms with van der Waals surface area (Å²) in [6.07, 6.45) is -1.40. The zero-order valence-electron chi connectivity index (χ0n) is 15.1. The highest BCUT2D eigenvalue weighted by atomic mass is 19.4. The summed E-state index contributed by atoms with van der Waals surface area (Å²) in [5.74, 6) is -0.460. The topological polar surface area (TPSA) is 76.2 Å². The standard InChI is InChI=1S/C21H12F3N3O3/c22-21(23,24)30-12-2-4-18-16(10-12)27-20(28)15-9-11(1-3-17(15)29-18)13-5-7-25-19-14(13)6-8-26-19/h1-10H,(H,25,26)(H,27,28). The van der Waals surface area contributed by atoms with Gasteiger partial charge in [-0.2, -0.15) is 0 Å². The molecule has 0 radical (unpaired) electrons. The van der Waals surface area contributed by atoms with Crippen LogP contribution in [0.2, 0.25) is 0 Å². The Bertz CT molecular complexity index is 1300. The monoisotopic (exact) mass is 411 g/mol. The Morgan fingerprint density at radius 2 is 1.80 bits per heavy atom. The number of halogens is 3. The minimum atomic E-state index is -4.84. The third-order valence-corrected chi connectivity index (χ3v) is 4.65. The molecule has 2 aromatic heterocycles. The first kappa shape index (κ1) is 18.0. The van der Waals surface area contributed by atoms with Crippen molar-refractivity contribution >= 4 is 22.6 Å². The van der Waals surface area contributed by atoms with E-state index in [-0.39, 0.29) is 17.0 Å². The summed E-state index contributed by atoms with van der Waals surface area (Å²) in [4.78, 5) is 20.1. The van der Waals surface area contributed by atoms with E-state index < -0.39 is 18.0 Å². The molecule has 1 amide bonds. The number of aromatic amines is 1. The van der Waals surface area contributed by atoms with Crippen molar-refractivity contribution in [3.63, 3.8) is 0 Å². The molecule has 2 N–H and O–H groups in total. The number of alkyl halides is 3. The highest BCUT2D eigenvalue weighted by molar-refractivity contribution is 6.09. The second-order valence-corrected chi connectivity index (χ2v) is 6.57. The minimum absolute atomic E-state index is 0.0800. The number of hydrogen-bond acceptors (Lipinski definition) is 4. The SMILES string of the molecule is O=C1Nc2cc(OC(F)(F)F)ccc2Oc2ccc(-c3ccnc4[nH]ccc34)cc21. The van der Waals surface area contributed by atoms with Crippen LogP contribution < -0.4 is 14.8 Å². The van der Waals surface area contributed by atoms with Crippen LogP contribution in [-0.4, -0.2) is 22.2 Å². The molecular weight excluding hydrogens is 399 g/mol. The predicted molar refractivity (Wildman–Crippen MR) is 103 cm³/mol. The van der Waals surface area contributed by atoms with Crippen molar-refractivity contribution in [2.24, 2.45) is 0 Å². The molecule has 30 heavy (non-hydrogen) atoms. The van der Waals surface area contributed by atoms with Crippen molar-refractivity contribution in [1.82, 2.24) is 9.97 Å². The molecule has 3 heterocycles. The third kappa shape index (κ3) is 3.20. The number of carbonyl (C=O) groups is 1. The molecule has 2 aromatic carbocycles. The summed E-state index contributed by atoms with van der Waals surface area (Å²) >= 11 is 0. The highest BCUT2D eigenvalue weighted by Crippen LogP contribution is 2.40. The molecule has 9 heteroatoms. The van der Waals surface area contributed by atoms with E-state index in [0.717, 1.165) is 28.6 Å². The third-order valence-electron chi connectivity index (χ3n) is 4.65. The van der Waals surface area contributed by atoms with E-state index in [1.165, 1.54) is 6.07 Å². The van der Waals surface area contributed by atoms with Crippen LogP contribution in [0.1, 0.15) is 10.4 Å². The number of fused-ring (bicyclic) bond motifs is 3. The normalized spacial score (nSPS) is 13.1. The Hall–Kier alpha value is -4.01. The number of ether oxygens (including phenoxy) is 2. The summed E-state index contributed by atoms with van der Waals surface area (Å²) in [6.45, 7) is 0. The fourth-order valence-corrected chi connectivity index (χ4v) is 3.38. The number of aromatic nitrogens is 2. The highest BCUT2D eigenvalue weighted by Gasteiger charge is 2.32. The molecule has 0 atom stereocenters. The number of anilines is 1. The quantitative estimate of drug-likeness (QED) is 0.458. The van der Waals surface area contributed by atoms with Crippen molar-refractivity contribution in [2.75, 3.05) is 5.32 Å². The fraction of sp³-hybridized carbons (Fsp3) is 0.0476. The Morgan fingerprint density at radius 1 is 0.967 bits per heavy atom. The lowest BCUT2D eigenvalue weighted by molar-refractivity contribution is -0.274. The summed E-state index contributed by atoms with van der Waals surface area (Å²) in [7, 11) is 0. The predicted octanol–water partition coefficient (Wildman–Crippen LogP) is 5.49. The van der Waals surface area contributed by atoms with Crippen molar-refractivity contribution < 1.29 is 27.4 Å². The lowest BCUT2D eigenvalue weighted by Crippen LogP contribution is -2.17.